The Labute approximate surface area is 247 Å². The number of para-hydroxylation sites is 2. The molecule has 0 N–H and O–H groups in total. The lowest BCUT2D eigenvalue weighted by molar-refractivity contribution is 0.0706. The standard InChI is InChI=1S/C33H32Br2O4/c34-25-11-13-29-30-14-12-26(35)24-32(30)33(31(29)23-25,15-17-36-19-21-38-27-7-3-1-4-8-27)16-18-37-20-22-39-28-9-5-2-6-10-28/h1-14,23-24H,15-22H2. The van der Waals surface area contributed by atoms with Gasteiger partial charge >= 0.3 is 0 Å². The molecular weight excluding hydrogens is 620 g/mol. The van der Waals surface area contributed by atoms with E-state index in [0.29, 0.717) is 39.6 Å². The summed E-state index contributed by atoms with van der Waals surface area (Å²) in [7, 11) is 0. The Bertz CT molecular complexity index is 1240. The minimum Gasteiger partial charge on any atom is -0.491 e. The number of hydrogen-bond donors (Lipinski definition) is 0. The molecule has 0 atom stereocenters. The van der Waals surface area contributed by atoms with Crippen molar-refractivity contribution in [1.82, 2.24) is 0 Å². The highest BCUT2D eigenvalue weighted by Gasteiger charge is 2.43. The smallest absolute Gasteiger partial charge is 0.119 e. The number of hydrogen-bond acceptors (Lipinski definition) is 4. The molecule has 0 radical (unpaired) electrons. The molecule has 1 aliphatic rings. The summed E-state index contributed by atoms with van der Waals surface area (Å²) in [6.07, 6.45) is 1.68. The fourth-order valence-corrected chi connectivity index (χ4v) is 5.99. The van der Waals surface area contributed by atoms with Gasteiger partial charge in [0.2, 0.25) is 0 Å². The van der Waals surface area contributed by atoms with E-state index in [2.05, 4.69) is 68.3 Å². The Morgan fingerprint density at radius 1 is 0.487 bits per heavy atom. The molecule has 0 saturated heterocycles. The van der Waals surface area contributed by atoms with Crippen LogP contribution in [0.2, 0.25) is 0 Å². The van der Waals surface area contributed by atoms with Crippen LogP contribution < -0.4 is 9.47 Å². The van der Waals surface area contributed by atoms with Crippen molar-refractivity contribution in [2.75, 3.05) is 39.6 Å². The van der Waals surface area contributed by atoms with Crippen molar-refractivity contribution in [3.63, 3.8) is 0 Å². The molecule has 0 aliphatic heterocycles. The number of fused-ring (bicyclic) bond motifs is 3. The number of ether oxygens (including phenoxy) is 4. The summed E-state index contributed by atoms with van der Waals surface area (Å²) < 4.78 is 26.0. The molecule has 0 unspecified atom stereocenters. The summed E-state index contributed by atoms with van der Waals surface area (Å²) in [6, 6.07) is 32.9. The first-order chi connectivity index (χ1) is 19.2. The van der Waals surface area contributed by atoms with Gasteiger partial charge in [-0.3, -0.25) is 0 Å². The maximum Gasteiger partial charge on any atom is 0.119 e. The summed E-state index contributed by atoms with van der Waals surface area (Å²) in [6.45, 7) is 3.35. The third-order valence-corrected chi connectivity index (χ3v) is 8.10. The maximum atomic E-state index is 6.12. The van der Waals surface area contributed by atoms with E-state index in [1.54, 1.807) is 0 Å². The maximum absolute atomic E-state index is 6.12. The first-order valence-corrected chi connectivity index (χ1v) is 14.9. The molecule has 4 nitrogen and oxygen atoms in total. The van der Waals surface area contributed by atoms with Crippen molar-refractivity contribution in [3.8, 4) is 22.6 Å². The minimum absolute atomic E-state index is 0.223. The van der Waals surface area contributed by atoms with E-state index in [4.69, 9.17) is 18.9 Å². The number of halogens is 2. The van der Waals surface area contributed by atoms with Gasteiger partial charge in [0.1, 0.15) is 24.7 Å². The molecule has 4 aromatic carbocycles. The van der Waals surface area contributed by atoms with Gasteiger partial charge < -0.3 is 18.9 Å². The summed E-state index contributed by atoms with van der Waals surface area (Å²) in [5.41, 5.74) is 4.97. The molecular formula is C33H32Br2O4. The lowest BCUT2D eigenvalue weighted by atomic mass is 9.73. The second kappa shape index (κ2) is 13.6. The second-order valence-electron chi connectivity index (χ2n) is 9.51. The Balaban J connectivity index is 1.26. The van der Waals surface area contributed by atoms with E-state index in [0.717, 1.165) is 33.3 Å². The summed E-state index contributed by atoms with van der Waals surface area (Å²) in [5.74, 6) is 1.72. The average molecular weight is 652 g/mol. The molecule has 0 bridgehead atoms. The van der Waals surface area contributed by atoms with Crippen molar-refractivity contribution in [2.45, 2.75) is 18.3 Å². The van der Waals surface area contributed by atoms with Crippen LogP contribution in [0.3, 0.4) is 0 Å². The summed E-state index contributed by atoms with van der Waals surface area (Å²) in [4.78, 5) is 0. The third kappa shape index (κ3) is 6.93. The molecule has 5 rings (SSSR count). The Morgan fingerprint density at radius 3 is 1.36 bits per heavy atom. The fourth-order valence-electron chi connectivity index (χ4n) is 5.27. The van der Waals surface area contributed by atoms with Crippen LogP contribution >= 0.6 is 31.9 Å². The van der Waals surface area contributed by atoms with Crippen LogP contribution in [0.15, 0.2) is 106 Å². The van der Waals surface area contributed by atoms with Gasteiger partial charge in [-0.1, -0.05) is 80.4 Å². The summed E-state index contributed by atoms with van der Waals surface area (Å²) in [5, 5.41) is 0. The van der Waals surface area contributed by atoms with Gasteiger partial charge in [-0.2, -0.15) is 0 Å². The van der Waals surface area contributed by atoms with Gasteiger partial charge in [0.25, 0.3) is 0 Å². The van der Waals surface area contributed by atoms with Crippen LogP contribution in [0.1, 0.15) is 24.0 Å². The van der Waals surface area contributed by atoms with Crippen LogP contribution in [-0.2, 0) is 14.9 Å². The monoisotopic (exact) mass is 650 g/mol. The molecule has 0 amide bonds. The predicted octanol–water partition coefficient (Wildman–Crippen LogP) is 8.45. The quantitative estimate of drug-likeness (QED) is 0.128. The van der Waals surface area contributed by atoms with E-state index in [1.807, 2.05) is 60.7 Å². The van der Waals surface area contributed by atoms with Crippen LogP contribution in [-0.4, -0.2) is 39.6 Å². The van der Waals surface area contributed by atoms with Gasteiger partial charge in [0.15, 0.2) is 0 Å². The lowest BCUT2D eigenvalue weighted by Gasteiger charge is -2.32. The van der Waals surface area contributed by atoms with E-state index in [9.17, 15) is 0 Å². The van der Waals surface area contributed by atoms with Crippen LogP contribution in [0.25, 0.3) is 11.1 Å². The molecule has 1 aliphatic carbocycles. The Morgan fingerprint density at radius 2 is 0.923 bits per heavy atom. The molecule has 39 heavy (non-hydrogen) atoms. The van der Waals surface area contributed by atoms with Crippen LogP contribution in [0, 0.1) is 0 Å². The molecule has 202 valence electrons. The number of rotatable bonds is 14. The molecule has 0 heterocycles. The third-order valence-electron chi connectivity index (χ3n) is 7.11. The molecule has 6 heteroatoms. The summed E-state index contributed by atoms with van der Waals surface area (Å²) >= 11 is 7.44. The highest BCUT2D eigenvalue weighted by molar-refractivity contribution is 9.10. The van der Waals surface area contributed by atoms with Gasteiger partial charge in [0.05, 0.1) is 13.2 Å². The highest BCUT2D eigenvalue weighted by Crippen LogP contribution is 2.54. The van der Waals surface area contributed by atoms with E-state index < -0.39 is 0 Å². The molecule has 0 fully saturated rings. The number of benzene rings is 4. The van der Waals surface area contributed by atoms with Crippen molar-refractivity contribution in [1.29, 1.82) is 0 Å². The van der Waals surface area contributed by atoms with E-state index in [-0.39, 0.29) is 5.41 Å². The topological polar surface area (TPSA) is 36.9 Å². The second-order valence-corrected chi connectivity index (χ2v) is 11.3. The minimum atomic E-state index is -0.223. The normalized spacial score (nSPS) is 13.1. The first-order valence-electron chi connectivity index (χ1n) is 13.3. The first kappa shape index (κ1) is 27.9. The van der Waals surface area contributed by atoms with Gasteiger partial charge in [0, 0.05) is 27.6 Å². The predicted molar refractivity (Wildman–Crippen MR) is 163 cm³/mol. The average Bonchev–Trinajstić information content (AvgIpc) is 3.21. The zero-order valence-corrected chi connectivity index (χ0v) is 25.0. The molecule has 0 saturated carbocycles. The zero-order chi connectivity index (χ0) is 26.9. The van der Waals surface area contributed by atoms with E-state index in [1.165, 1.54) is 22.3 Å². The highest BCUT2D eigenvalue weighted by atomic mass is 79.9. The van der Waals surface area contributed by atoms with E-state index >= 15 is 0 Å². The molecule has 4 aromatic rings. The van der Waals surface area contributed by atoms with Crippen molar-refractivity contribution in [2.24, 2.45) is 0 Å². The molecule has 0 aromatic heterocycles. The molecule has 0 spiro atoms. The zero-order valence-electron chi connectivity index (χ0n) is 21.8. The van der Waals surface area contributed by atoms with Crippen molar-refractivity contribution < 1.29 is 18.9 Å². The van der Waals surface area contributed by atoms with Crippen LogP contribution in [0.4, 0.5) is 0 Å². The van der Waals surface area contributed by atoms with Crippen molar-refractivity contribution >= 4 is 31.9 Å². The van der Waals surface area contributed by atoms with Gasteiger partial charge in [-0.05, 0) is 83.6 Å². The Hall–Kier alpha value is -2.64. The van der Waals surface area contributed by atoms with Crippen molar-refractivity contribution in [3.05, 3.63) is 117 Å². The Kier molecular flexibility index (Phi) is 9.75. The SMILES string of the molecule is Brc1ccc2c(c1)C(CCOCCOc1ccccc1)(CCOCCOc1ccccc1)c1cc(Br)ccc1-2. The van der Waals surface area contributed by atoms with Gasteiger partial charge in [-0.25, -0.2) is 0 Å². The fraction of sp³-hybridized carbons (Fsp3) is 0.273. The van der Waals surface area contributed by atoms with Gasteiger partial charge in [-0.15, -0.1) is 0 Å². The van der Waals surface area contributed by atoms with Crippen LogP contribution in [0.5, 0.6) is 11.5 Å². The largest absolute Gasteiger partial charge is 0.491 e. The lowest BCUT2D eigenvalue weighted by Crippen LogP contribution is -2.30.